The van der Waals surface area contributed by atoms with E-state index in [2.05, 4.69) is 15.6 Å². The van der Waals surface area contributed by atoms with Crippen LogP contribution in [0.1, 0.15) is 5.56 Å². The summed E-state index contributed by atoms with van der Waals surface area (Å²) in [7, 11) is 3.19. The van der Waals surface area contributed by atoms with Crippen LogP contribution in [0.3, 0.4) is 0 Å². The number of pyridine rings is 1. The normalized spacial score (nSPS) is 10.5. The van der Waals surface area contributed by atoms with Crippen molar-refractivity contribution < 1.29 is 14.3 Å². The van der Waals surface area contributed by atoms with Crippen molar-refractivity contribution in [3.8, 4) is 5.75 Å². The zero-order valence-electron chi connectivity index (χ0n) is 14.9. The monoisotopic (exact) mass is 376 g/mol. The number of nitrogens with one attached hydrogen (secondary N) is 2. The first-order valence-electron chi connectivity index (χ1n) is 7.92. The molecule has 0 unspecified atom stereocenters. The maximum Gasteiger partial charge on any atom is 0.239 e. The molecule has 2 rings (SSSR count). The SMILES string of the molecule is COc1ccc(Cl)cc1NC(=O)CN(C)CC(=O)Nc1ccc(C)cn1. The van der Waals surface area contributed by atoms with Gasteiger partial charge in [0.25, 0.3) is 0 Å². The second kappa shape index (κ2) is 9.17. The highest BCUT2D eigenvalue weighted by atomic mass is 35.5. The Labute approximate surface area is 157 Å². The number of hydrogen-bond acceptors (Lipinski definition) is 5. The third kappa shape index (κ3) is 6.02. The fourth-order valence-corrected chi connectivity index (χ4v) is 2.41. The highest BCUT2D eigenvalue weighted by molar-refractivity contribution is 6.31. The van der Waals surface area contributed by atoms with Crippen molar-refractivity contribution in [2.45, 2.75) is 6.92 Å². The zero-order chi connectivity index (χ0) is 19.1. The molecule has 0 aliphatic carbocycles. The molecule has 0 saturated heterocycles. The highest BCUT2D eigenvalue weighted by Gasteiger charge is 2.13. The van der Waals surface area contributed by atoms with Gasteiger partial charge in [0.1, 0.15) is 11.6 Å². The minimum Gasteiger partial charge on any atom is -0.495 e. The van der Waals surface area contributed by atoms with Crippen molar-refractivity contribution in [1.82, 2.24) is 9.88 Å². The number of methoxy groups -OCH3 is 1. The number of carbonyl (C=O) groups excluding carboxylic acids is 2. The zero-order valence-corrected chi connectivity index (χ0v) is 15.6. The minimum atomic E-state index is -0.283. The number of amides is 2. The van der Waals surface area contributed by atoms with Crippen LogP contribution in [-0.4, -0.2) is 48.9 Å². The van der Waals surface area contributed by atoms with Gasteiger partial charge < -0.3 is 15.4 Å². The molecule has 1 heterocycles. The predicted octanol–water partition coefficient (Wildman–Crippen LogP) is 2.56. The largest absolute Gasteiger partial charge is 0.495 e. The van der Waals surface area contributed by atoms with E-state index < -0.39 is 0 Å². The molecule has 0 spiro atoms. The van der Waals surface area contributed by atoms with E-state index in [-0.39, 0.29) is 24.9 Å². The lowest BCUT2D eigenvalue weighted by molar-refractivity contribution is -0.119. The Hall–Kier alpha value is -2.64. The summed E-state index contributed by atoms with van der Waals surface area (Å²) in [5.41, 5.74) is 1.49. The third-order valence-corrected chi connectivity index (χ3v) is 3.68. The number of likely N-dealkylation sites (N-methyl/N-ethyl adjacent to an activating group) is 1. The summed E-state index contributed by atoms with van der Waals surface area (Å²) in [6.45, 7) is 2.00. The molecule has 1 aromatic carbocycles. The lowest BCUT2D eigenvalue weighted by Crippen LogP contribution is -2.36. The van der Waals surface area contributed by atoms with E-state index in [1.165, 1.54) is 7.11 Å². The summed E-state index contributed by atoms with van der Waals surface area (Å²) >= 11 is 5.94. The molecule has 0 fully saturated rings. The van der Waals surface area contributed by atoms with E-state index >= 15 is 0 Å². The molecule has 7 nitrogen and oxygen atoms in total. The first-order valence-corrected chi connectivity index (χ1v) is 8.29. The standard InChI is InChI=1S/C18H21ClN4O3/c1-12-4-7-16(20-9-12)22-18(25)11-23(2)10-17(24)21-14-8-13(19)5-6-15(14)26-3/h4-9H,10-11H2,1-3H3,(H,21,24)(H,20,22,25). The molecule has 1 aromatic heterocycles. The molecule has 8 heteroatoms. The van der Waals surface area contributed by atoms with Crippen LogP contribution in [0.5, 0.6) is 5.75 Å². The van der Waals surface area contributed by atoms with Gasteiger partial charge in [0, 0.05) is 11.2 Å². The highest BCUT2D eigenvalue weighted by Crippen LogP contribution is 2.27. The topological polar surface area (TPSA) is 83.6 Å². The molecule has 0 radical (unpaired) electrons. The van der Waals surface area contributed by atoms with Crippen molar-refractivity contribution in [2.24, 2.45) is 0 Å². The molecule has 0 atom stereocenters. The molecule has 2 N–H and O–H groups in total. The van der Waals surface area contributed by atoms with Crippen molar-refractivity contribution in [1.29, 1.82) is 0 Å². The molecule has 26 heavy (non-hydrogen) atoms. The Morgan fingerprint density at radius 2 is 1.85 bits per heavy atom. The number of benzene rings is 1. The fraction of sp³-hybridized carbons (Fsp3) is 0.278. The maximum atomic E-state index is 12.2. The molecule has 0 bridgehead atoms. The fourth-order valence-electron chi connectivity index (χ4n) is 2.24. The summed E-state index contributed by atoms with van der Waals surface area (Å²) in [6.07, 6.45) is 1.67. The van der Waals surface area contributed by atoms with Crippen molar-refractivity contribution in [2.75, 3.05) is 37.9 Å². The predicted molar refractivity (Wildman–Crippen MR) is 102 cm³/mol. The van der Waals surface area contributed by atoms with Gasteiger partial charge in [-0.2, -0.15) is 0 Å². The molecular formula is C18H21ClN4O3. The van der Waals surface area contributed by atoms with Crippen LogP contribution >= 0.6 is 11.6 Å². The smallest absolute Gasteiger partial charge is 0.239 e. The second-order valence-corrected chi connectivity index (χ2v) is 6.27. The average Bonchev–Trinajstić information content (AvgIpc) is 2.56. The van der Waals surface area contributed by atoms with E-state index in [9.17, 15) is 9.59 Å². The van der Waals surface area contributed by atoms with Crippen LogP contribution in [-0.2, 0) is 9.59 Å². The van der Waals surface area contributed by atoms with Gasteiger partial charge in [0.15, 0.2) is 0 Å². The first-order chi connectivity index (χ1) is 12.4. The summed E-state index contributed by atoms with van der Waals surface area (Å²) in [5.74, 6) is 0.446. The number of nitrogens with zero attached hydrogens (tertiary/aromatic N) is 2. The third-order valence-electron chi connectivity index (χ3n) is 3.44. The summed E-state index contributed by atoms with van der Waals surface area (Å²) in [4.78, 5) is 29.9. The van der Waals surface area contributed by atoms with Crippen molar-refractivity contribution in [3.05, 3.63) is 47.1 Å². The van der Waals surface area contributed by atoms with Crippen LogP contribution in [0.15, 0.2) is 36.5 Å². The molecular weight excluding hydrogens is 356 g/mol. The lowest BCUT2D eigenvalue weighted by Gasteiger charge is -2.17. The quantitative estimate of drug-likeness (QED) is 0.775. The number of ether oxygens (including phenoxy) is 1. The van der Waals surface area contributed by atoms with Crippen LogP contribution in [0.25, 0.3) is 0 Å². The lowest BCUT2D eigenvalue weighted by atomic mass is 10.3. The minimum absolute atomic E-state index is 0.0322. The number of carbonyl (C=O) groups is 2. The van der Waals surface area contributed by atoms with Gasteiger partial charge >= 0.3 is 0 Å². The molecule has 0 aliphatic rings. The Morgan fingerprint density at radius 1 is 1.15 bits per heavy atom. The van der Waals surface area contributed by atoms with E-state index in [1.54, 1.807) is 42.4 Å². The number of hydrogen-bond donors (Lipinski definition) is 2. The van der Waals surface area contributed by atoms with Crippen LogP contribution in [0, 0.1) is 6.92 Å². The Balaban J connectivity index is 1.86. The summed E-state index contributed by atoms with van der Waals surface area (Å²) in [6, 6.07) is 8.53. The Kier molecular flexibility index (Phi) is 6.94. The molecule has 2 amide bonds. The van der Waals surface area contributed by atoms with E-state index in [4.69, 9.17) is 16.3 Å². The van der Waals surface area contributed by atoms with Gasteiger partial charge in [-0.1, -0.05) is 17.7 Å². The van der Waals surface area contributed by atoms with Crippen molar-refractivity contribution >= 4 is 34.9 Å². The second-order valence-electron chi connectivity index (χ2n) is 5.83. The summed E-state index contributed by atoms with van der Waals surface area (Å²) < 4.78 is 5.19. The van der Waals surface area contributed by atoms with E-state index in [0.717, 1.165) is 5.56 Å². The Morgan fingerprint density at radius 3 is 2.46 bits per heavy atom. The van der Waals surface area contributed by atoms with Gasteiger partial charge in [-0.15, -0.1) is 0 Å². The molecule has 0 saturated carbocycles. The van der Waals surface area contributed by atoms with Crippen LogP contribution < -0.4 is 15.4 Å². The van der Waals surface area contributed by atoms with Gasteiger partial charge in [-0.05, 0) is 43.8 Å². The Bertz CT molecular complexity index is 781. The van der Waals surface area contributed by atoms with Gasteiger partial charge in [0.05, 0.1) is 25.9 Å². The first kappa shape index (κ1) is 19.7. The van der Waals surface area contributed by atoms with Crippen molar-refractivity contribution in [3.63, 3.8) is 0 Å². The van der Waals surface area contributed by atoms with Crippen LogP contribution in [0.4, 0.5) is 11.5 Å². The number of halogens is 1. The molecule has 0 aliphatic heterocycles. The van der Waals surface area contributed by atoms with E-state index in [0.29, 0.717) is 22.3 Å². The van der Waals surface area contributed by atoms with Gasteiger partial charge in [0.2, 0.25) is 11.8 Å². The molecule has 138 valence electrons. The maximum absolute atomic E-state index is 12.2. The number of rotatable bonds is 7. The number of anilines is 2. The number of aromatic nitrogens is 1. The van der Waals surface area contributed by atoms with E-state index in [1.807, 2.05) is 13.0 Å². The van der Waals surface area contributed by atoms with Gasteiger partial charge in [-0.25, -0.2) is 4.98 Å². The number of aryl methyl sites for hydroxylation is 1. The van der Waals surface area contributed by atoms with Gasteiger partial charge in [-0.3, -0.25) is 14.5 Å². The molecule has 2 aromatic rings. The van der Waals surface area contributed by atoms with Crippen LogP contribution in [0.2, 0.25) is 5.02 Å². The summed E-state index contributed by atoms with van der Waals surface area (Å²) in [5, 5.41) is 5.90. The average molecular weight is 377 g/mol.